The lowest BCUT2D eigenvalue weighted by molar-refractivity contribution is 0.102. The second kappa shape index (κ2) is 6.56. The van der Waals surface area contributed by atoms with Gasteiger partial charge in [-0.05, 0) is 38.3 Å². The van der Waals surface area contributed by atoms with Gasteiger partial charge in [0.05, 0.1) is 18.1 Å². The average molecular weight is 296 g/mol. The molecule has 1 aromatic heterocycles. The summed E-state index contributed by atoms with van der Waals surface area (Å²) in [6, 6.07) is 7.50. The minimum Gasteiger partial charge on any atom is -0.341 e. The zero-order chi connectivity index (χ0) is 15.4. The molecule has 1 aromatic carbocycles. The number of rotatable bonds is 3. The van der Waals surface area contributed by atoms with E-state index in [0.29, 0.717) is 11.3 Å². The van der Waals surface area contributed by atoms with E-state index >= 15 is 0 Å². The number of hydrogen-bond donors (Lipinski definition) is 1. The molecular weight excluding hydrogens is 276 g/mol. The topological polar surface area (TPSA) is 58.1 Å². The molecule has 0 atom stereocenters. The summed E-state index contributed by atoms with van der Waals surface area (Å²) in [5, 5.41) is 2.83. The van der Waals surface area contributed by atoms with Crippen LogP contribution in [0.2, 0.25) is 0 Å². The number of carbonyl (C=O) groups is 1. The molecule has 3 rings (SSSR count). The number of benzene rings is 1. The van der Waals surface area contributed by atoms with Crippen molar-refractivity contribution >= 4 is 17.5 Å². The number of nitrogens with one attached hydrogen (secondary N) is 1. The molecule has 1 N–H and O–H groups in total. The Morgan fingerprint density at radius 1 is 1.14 bits per heavy atom. The first-order valence-electron chi connectivity index (χ1n) is 7.67. The van der Waals surface area contributed by atoms with Gasteiger partial charge in [0, 0.05) is 18.7 Å². The first-order valence-corrected chi connectivity index (χ1v) is 7.67. The molecule has 5 heteroatoms. The molecule has 22 heavy (non-hydrogen) atoms. The molecule has 0 aliphatic carbocycles. The Morgan fingerprint density at radius 2 is 1.86 bits per heavy atom. The fraction of sp³-hybridized carbons (Fsp3) is 0.353. The Morgan fingerprint density at radius 3 is 2.55 bits per heavy atom. The molecule has 0 spiro atoms. The van der Waals surface area contributed by atoms with Crippen molar-refractivity contribution in [3.8, 4) is 0 Å². The predicted molar refractivity (Wildman–Crippen MR) is 87.2 cm³/mol. The van der Waals surface area contributed by atoms with Crippen LogP contribution >= 0.6 is 0 Å². The smallest absolute Gasteiger partial charge is 0.255 e. The summed E-state index contributed by atoms with van der Waals surface area (Å²) in [4.78, 5) is 23.1. The van der Waals surface area contributed by atoms with Crippen molar-refractivity contribution in [2.45, 2.75) is 26.2 Å². The molecule has 1 aliphatic heterocycles. The molecule has 2 heterocycles. The Kier molecular flexibility index (Phi) is 4.32. The maximum atomic E-state index is 12.2. The van der Waals surface area contributed by atoms with E-state index in [2.05, 4.69) is 20.2 Å². The first-order chi connectivity index (χ1) is 10.7. The number of anilines is 2. The Balaban J connectivity index is 1.66. The van der Waals surface area contributed by atoms with Gasteiger partial charge in [-0.1, -0.05) is 17.7 Å². The zero-order valence-electron chi connectivity index (χ0n) is 12.7. The molecule has 0 bridgehead atoms. The molecule has 0 saturated carbocycles. The van der Waals surface area contributed by atoms with Gasteiger partial charge in [-0.3, -0.25) is 4.79 Å². The minimum absolute atomic E-state index is 0.141. The van der Waals surface area contributed by atoms with Crippen molar-refractivity contribution in [3.63, 3.8) is 0 Å². The number of aryl methyl sites for hydroxylation is 1. The SMILES string of the molecule is Cc1cccc(C(=O)Nc2cnc(N3CCCCC3)nc2)c1. The largest absolute Gasteiger partial charge is 0.341 e. The lowest BCUT2D eigenvalue weighted by Crippen LogP contribution is -2.30. The third-order valence-electron chi connectivity index (χ3n) is 3.82. The van der Waals surface area contributed by atoms with E-state index in [0.717, 1.165) is 24.6 Å². The van der Waals surface area contributed by atoms with Crippen LogP contribution in [0.4, 0.5) is 11.6 Å². The molecule has 0 unspecified atom stereocenters. The molecule has 0 radical (unpaired) electrons. The van der Waals surface area contributed by atoms with Crippen LogP contribution in [0.5, 0.6) is 0 Å². The van der Waals surface area contributed by atoms with Crippen molar-refractivity contribution in [3.05, 3.63) is 47.8 Å². The van der Waals surface area contributed by atoms with Gasteiger partial charge in [0.1, 0.15) is 0 Å². The molecule has 1 fully saturated rings. The number of piperidine rings is 1. The summed E-state index contributed by atoms with van der Waals surface area (Å²) in [6.45, 7) is 3.98. The third kappa shape index (κ3) is 3.42. The maximum Gasteiger partial charge on any atom is 0.255 e. The number of aromatic nitrogens is 2. The van der Waals surface area contributed by atoms with Crippen LogP contribution in [-0.4, -0.2) is 29.0 Å². The highest BCUT2D eigenvalue weighted by Gasteiger charge is 2.13. The van der Waals surface area contributed by atoms with E-state index in [4.69, 9.17) is 0 Å². The fourth-order valence-corrected chi connectivity index (χ4v) is 2.63. The predicted octanol–water partition coefficient (Wildman–Crippen LogP) is 3.03. The summed E-state index contributed by atoms with van der Waals surface area (Å²) in [5.74, 6) is 0.603. The van der Waals surface area contributed by atoms with E-state index in [9.17, 15) is 4.79 Å². The van der Waals surface area contributed by atoms with Crippen LogP contribution in [0.3, 0.4) is 0 Å². The van der Waals surface area contributed by atoms with Crippen LogP contribution in [0, 0.1) is 6.92 Å². The van der Waals surface area contributed by atoms with Crippen LogP contribution in [0.25, 0.3) is 0 Å². The van der Waals surface area contributed by atoms with Gasteiger partial charge in [0.25, 0.3) is 5.91 Å². The Labute approximate surface area is 130 Å². The lowest BCUT2D eigenvalue weighted by atomic mass is 10.1. The Hall–Kier alpha value is -2.43. The number of amides is 1. The highest BCUT2D eigenvalue weighted by atomic mass is 16.1. The summed E-state index contributed by atoms with van der Waals surface area (Å²) >= 11 is 0. The minimum atomic E-state index is -0.141. The van der Waals surface area contributed by atoms with Crippen molar-refractivity contribution in [2.75, 3.05) is 23.3 Å². The fourth-order valence-electron chi connectivity index (χ4n) is 2.63. The zero-order valence-corrected chi connectivity index (χ0v) is 12.7. The summed E-state index contributed by atoms with van der Waals surface area (Å²) in [7, 11) is 0. The van der Waals surface area contributed by atoms with E-state index in [-0.39, 0.29) is 5.91 Å². The number of carbonyl (C=O) groups excluding carboxylic acids is 1. The molecule has 5 nitrogen and oxygen atoms in total. The van der Waals surface area contributed by atoms with Crippen molar-refractivity contribution in [1.29, 1.82) is 0 Å². The first kappa shape index (κ1) is 14.5. The average Bonchev–Trinajstić information content (AvgIpc) is 2.56. The Bertz CT molecular complexity index is 648. The number of hydrogen-bond acceptors (Lipinski definition) is 4. The molecule has 1 saturated heterocycles. The molecular formula is C17H20N4O. The van der Waals surface area contributed by atoms with Gasteiger partial charge in [-0.2, -0.15) is 0 Å². The molecule has 114 valence electrons. The second-order valence-electron chi connectivity index (χ2n) is 5.64. The van der Waals surface area contributed by atoms with Crippen LogP contribution in [0.1, 0.15) is 35.2 Å². The van der Waals surface area contributed by atoms with Gasteiger partial charge in [-0.15, -0.1) is 0 Å². The molecule has 1 amide bonds. The summed E-state index contributed by atoms with van der Waals surface area (Å²) < 4.78 is 0. The van der Waals surface area contributed by atoms with Gasteiger partial charge in [0.15, 0.2) is 0 Å². The third-order valence-corrected chi connectivity index (χ3v) is 3.82. The highest BCUT2D eigenvalue weighted by Crippen LogP contribution is 2.16. The normalized spacial score (nSPS) is 14.7. The number of nitrogens with zero attached hydrogens (tertiary/aromatic N) is 3. The summed E-state index contributed by atoms with van der Waals surface area (Å²) in [6.07, 6.45) is 7.00. The lowest BCUT2D eigenvalue weighted by Gasteiger charge is -2.26. The highest BCUT2D eigenvalue weighted by molar-refractivity contribution is 6.04. The van der Waals surface area contributed by atoms with E-state index in [1.807, 2.05) is 25.1 Å². The molecule has 1 aliphatic rings. The van der Waals surface area contributed by atoms with E-state index < -0.39 is 0 Å². The second-order valence-corrected chi connectivity index (χ2v) is 5.64. The van der Waals surface area contributed by atoms with Gasteiger partial charge >= 0.3 is 0 Å². The quantitative estimate of drug-likeness (QED) is 0.946. The van der Waals surface area contributed by atoms with E-state index in [1.165, 1.54) is 19.3 Å². The molecule has 2 aromatic rings. The monoisotopic (exact) mass is 296 g/mol. The van der Waals surface area contributed by atoms with Crippen molar-refractivity contribution < 1.29 is 4.79 Å². The maximum absolute atomic E-state index is 12.2. The van der Waals surface area contributed by atoms with Crippen LogP contribution in [-0.2, 0) is 0 Å². The van der Waals surface area contributed by atoms with Crippen molar-refractivity contribution in [2.24, 2.45) is 0 Å². The summed E-state index contributed by atoms with van der Waals surface area (Å²) in [5.41, 5.74) is 2.32. The van der Waals surface area contributed by atoms with Crippen molar-refractivity contribution in [1.82, 2.24) is 9.97 Å². The van der Waals surface area contributed by atoms with Gasteiger partial charge in [0.2, 0.25) is 5.95 Å². The van der Waals surface area contributed by atoms with Gasteiger partial charge < -0.3 is 10.2 Å². The van der Waals surface area contributed by atoms with Crippen LogP contribution < -0.4 is 10.2 Å². The standard InChI is InChI=1S/C17H20N4O/c1-13-6-5-7-14(10-13)16(22)20-15-11-18-17(19-12-15)21-8-3-2-4-9-21/h5-7,10-12H,2-4,8-9H2,1H3,(H,20,22). The van der Waals surface area contributed by atoms with Crippen LogP contribution in [0.15, 0.2) is 36.7 Å². The van der Waals surface area contributed by atoms with Gasteiger partial charge in [-0.25, -0.2) is 9.97 Å². The van der Waals surface area contributed by atoms with E-state index in [1.54, 1.807) is 18.5 Å².